The van der Waals surface area contributed by atoms with E-state index >= 15 is 0 Å². The zero-order valence-corrected chi connectivity index (χ0v) is 14.9. The predicted molar refractivity (Wildman–Crippen MR) is 95.9 cm³/mol. The summed E-state index contributed by atoms with van der Waals surface area (Å²) in [6, 6.07) is 7.32. The number of nitrogens with zero attached hydrogens (tertiary/aromatic N) is 2. The summed E-state index contributed by atoms with van der Waals surface area (Å²) in [6.45, 7) is 5.81. The number of benzene rings is 1. The molecule has 2 fully saturated rings. The Kier molecular flexibility index (Phi) is 6.15. The second-order valence-corrected chi connectivity index (χ2v) is 6.77. The maximum Gasteiger partial charge on any atom is 0.251 e. The lowest BCUT2D eigenvalue weighted by Gasteiger charge is -2.37. The third kappa shape index (κ3) is 4.64. The SMILES string of the molecule is C[C@@H](OC[C@@H]1CCCCO1)C(=O)N1CCN(c2ccccc2O)CC1. The molecule has 6 heteroatoms. The highest BCUT2D eigenvalue weighted by Crippen LogP contribution is 2.27. The normalized spacial score (nSPS) is 22.7. The summed E-state index contributed by atoms with van der Waals surface area (Å²) < 4.78 is 11.4. The number of carbonyl (C=O) groups excluding carboxylic acids is 1. The molecule has 2 aliphatic heterocycles. The van der Waals surface area contributed by atoms with E-state index in [1.807, 2.05) is 30.0 Å². The minimum Gasteiger partial charge on any atom is -0.506 e. The lowest BCUT2D eigenvalue weighted by atomic mass is 10.1. The van der Waals surface area contributed by atoms with Gasteiger partial charge in [-0.25, -0.2) is 0 Å². The van der Waals surface area contributed by atoms with Gasteiger partial charge in [-0.3, -0.25) is 4.79 Å². The Balaban J connectivity index is 1.45. The molecule has 0 spiro atoms. The minimum absolute atomic E-state index is 0.0349. The van der Waals surface area contributed by atoms with Gasteiger partial charge in [-0.1, -0.05) is 12.1 Å². The number of anilines is 1. The van der Waals surface area contributed by atoms with Gasteiger partial charge in [0.15, 0.2) is 0 Å². The van der Waals surface area contributed by atoms with Gasteiger partial charge in [0.2, 0.25) is 0 Å². The molecule has 0 bridgehead atoms. The van der Waals surface area contributed by atoms with E-state index in [2.05, 4.69) is 4.90 Å². The van der Waals surface area contributed by atoms with Gasteiger partial charge >= 0.3 is 0 Å². The fraction of sp³-hybridized carbons (Fsp3) is 0.632. The van der Waals surface area contributed by atoms with Crippen molar-refractivity contribution < 1.29 is 19.4 Å². The summed E-state index contributed by atoms with van der Waals surface area (Å²) >= 11 is 0. The Labute approximate surface area is 149 Å². The van der Waals surface area contributed by atoms with Crippen molar-refractivity contribution in [1.29, 1.82) is 0 Å². The molecule has 0 radical (unpaired) electrons. The van der Waals surface area contributed by atoms with Crippen molar-refractivity contribution in [2.75, 3.05) is 44.3 Å². The number of phenols is 1. The number of rotatable bonds is 5. The van der Waals surface area contributed by atoms with Crippen molar-refractivity contribution in [3.05, 3.63) is 24.3 Å². The van der Waals surface area contributed by atoms with Crippen molar-refractivity contribution in [1.82, 2.24) is 4.90 Å². The molecule has 0 unspecified atom stereocenters. The monoisotopic (exact) mass is 348 g/mol. The molecular weight excluding hydrogens is 320 g/mol. The van der Waals surface area contributed by atoms with E-state index in [0.29, 0.717) is 32.8 Å². The zero-order chi connectivity index (χ0) is 17.6. The van der Waals surface area contributed by atoms with E-state index in [0.717, 1.165) is 25.1 Å². The first kappa shape index (κ1) is 18.0. The average molecular weight is 348 g/mol. The maximum absolute atomic E-state index is 12.6. The maximum atomic E-state index is 12.6. The van der Waals surface area contributed by atoms with E-state index in [9.17, 15) is 9.90 Å². The quantitative estimate of drug-likeness (QED) is 0.882. The van der Waals surface area contributed by atoms with Crippen LogP contribution in [0.2, 0.25) is 0 Å². The number of ether oxygens (including phenoxy) is 2. The van der Waals surface area contributed by atoms with Crippen LogP contribution in [-0.2, 0) is 14.3 Å². The molecule has 1 aromatic rings. The van der Waals surface area contributed by atoms with Crippen molar-refractivity contribution in [3.8, 4) is 5.75 Å². The highest BCUT2D eigenvalue weighted by atomic mass is 16.5. The molecule has 2 heterocycles. The molecule has 138 valence electrons. The summed E-state index contributed by atoms with van der Waals surface area (Å²) in [5.41, 5.74) is 0.827. The predicted octanol–water partition coefficient (Wildman–Crippen LogP) is 2.01. The van der Waals surface area contributed by atoms with Crippen LogP contribution in [0.15, 0.2) is 24.3 Å². The van der Waals surface area contributed by atoms with Gasteiger partial charge in [0.05, 0.1) is 18.4 Å². The molecule has 3 rings (SSSR count). The van der Waals surface area contributed by atoms with Gasteiger partial charge in [-0.15, -0.1) is 0 Å². The van der Waals surface area contributed by atoms with Gasteiger partial charge < -0.3 is 24.4 Å². The number of para-hydroxylation sites is 2. The van der Waals surface area contributed by atoms with Crippen molar-refractivity contribution in [2.24, 2.45) is 0 Å². The van der Waals surface area contributed by atoms with Crippen LogP contribution in [0, 0.1) is 0 Å². The van der Waals surface area contributed by atoms with Crippen molar-refractivity contribution >= 4 is 11.6 Å². The summed E-state index contributed by atoms with van der Waals surface area (Å²) in [4.78, 5) is 16.5. The van der Waals surface area contributed by atoms with E-state index in [1.54, 1.807) is 6.07 Å². The highest BCUT2D eigenvalue weighted by Gasteiger charge is 2.27. The molecule has 1 N–H and O–H groups in total. The second kappa shape index (κ2) is 8.54. The summed E-state index contributed by atoms with van der Waals surface area (Å²) in [7, 11) is 0. The number of amides is 1. The molecule has 0 aromatic heterocycles. The van der Waals surface area contributed by atoms with E-state index in [1.165, 1.54) is 6.42 Å². The van der Waals surface area contributed by atoms with Gasteiger partial charge in [-0.2, -0.15) is 0 Å². The molecule has 1 aromatic carbocycles. The smallest absolute Gasteiger partial charge is 0.251 e. The van der Waals surface area contributed by atoms with Crippen molar-refractivity contribution in [2.45, 2.75) is 38.4 Å². The van der Waals surface area contributed by atoms with Crippen LogP contribution in [0.25, 0.3) is 0 Å². The average Bonchev–Trinajstić information content (AvgIpc) is 2.67. The largest absolute Gasteiger partial charge is 0.506 e. The molecular formula is C19H28N2O4. The fourth-order valence-corrected chi connectivity index (χ4v) is 3.42. The summed E-state index contributed by atoms with van der Waals surface area (Å²) in [6.07, 6.45) is 2.99. The second-order valence-electron chi connectivity index (χ2n) is 6.77. The summed E-state index contributed by atoms with van der Waals surface area (Å²) in [5, 5.41) is 9.97. The third-order valence-corrected chi connectivity index (χ3v) is 4.97. The van der Waals surface area contributed by atoms with Crippen molar-refractivity contribution in [3.63, 3.8) is 0 Å². The van der Waals surface area contributed by atoms with E-state index < -0.39 is 6.10 Å². The van der Waals surface area contributed by atoms with Crippen LogP contribution in [-0.4, -0.2) is 67.5 Å². The minimum atomic E-state index is -0.442. The van der Waals surface area contributed by atoms with Crippen LogP contribution in [0.3, 0.4) is 0 Å². The van der Waals surface area contributed by atoms with Gasteiger partial charge in [0.25, 0.3) is 5.91 Å². The number of hydrogen-bond donors (Lipinski definition) is 1. The zero-order valence-electron chi connectivity index (χ0n) is 14.9. The molecule has 2 saturated heterocycles. The Morgan fingerprint density at radius 1 is 1.28 bits per heavy atom. The standard InChI is InChI=1S/C19H28N2O4/c1-15(25-14-16-6-4-5-13-24-16)19(23)21-11-9-20(10-12-21)17-7-2-3-8-18(17)22/h2-3,7-8,15-16,22H,4-6,9-14H2,1H3/t15-,16+/m1/s1. The topological polar surface area (TPSA) is 62.2 Å². The lowest BCUT2D eigenvalue weighted by molar-refractivity contribution is -0.146. The number of carbonyl (C=O) groups is 1. The van der Waals surface area contributed by atoms with E-state index in [4.69, 9.17) is 9.47 Å². The van der Waals surface area contributed by atoms with Crippen LogP contribution in [0.1, 0.15) is 26.2 Å². The Morgan fingerprint density at radius 2 is 2.04 bits per heavy atom. The van der Waals surface area contributed by atoms with E-state index in [-0.39, 0.29) is 17.8 Å². The first-order valence-electron chi connectivity index (χ1n) is 9.20. The fourth-order valence-electron chi connectivity index (χ4n) is 3.42. The first-order chi connectivity index (χ1) is 12.1. The molecule has 6 nitrogen and oxygen atoms in total. The molecule has 2 atom stereocenters. The van der Waals surface area contributed by atoms with Crippen LogP contribution < -0.4 is 4.90 Å². The van der Waals surface area contributed by atoms with Crippen LogP contribution >= 0.6 is 0 Å². The third-order valence-electron chi connectivity index (χ3n) is 4.97. The molecule has 0 aliphatic carbocycles. The van der Waals surface area contributed by atoms with Gasteiger partial charge in [0.1, 0.15) is 11.9 Å². The van der Waals surface area contributed by atoms with Gasteiger partial charge in [-0.05, 0) is 38.3 Å². The number of hydrogen-bond acceptors (Lipinski definition) is 5. The highest BCUT2D eigenvalue weighted by molar-refractivity contribution is 5.81. The number of aromatic hydroxyl groups is 1. The van der Waals surface area contributed by atoms with Crippen LogP contribution in [0.4, 0.5) is 5.69 Å². The first-order valence-corrected chi connectivity index (χ1v) is 9.20. The molecule has 1 amide bonds. The molecule has 0 saturated carbocycles. The lowest BCUT2D eigenvalue weighted by Crippen LogP contribution is -2.51. The number of piperazine rings is 1. The Hall–Kier alpha value is -1.79. The Bertz CT molecular complexity index is 566. The van der Waals surface area contributed by atoms with Gasteiger partial charge in [0, 0.05) is 32.8 Å². The van der Waals surface area contributed by atoms with Crippen LogP contribution in [0.5, 0.6) is 5.75 Å². The molecule has 25 heavy (non-hydrogen) atoms. The summed E-state index contributed by atoms with van der Waals surface area (Å²) in [5.74, 6) is 0.319. The Morgan fingerprint density at radius 3 is 2.72 bits per heavy atom. The molecule has 2 aliphatic rings. The number of phenolic OH excluding ortho intramolecular Hbond substituents is 1.